The van der Waals surface area contributed by atoms with E-state index < -0.39 is 0 Å². The third-order valence-electron chi connectivity index (χ3n) is 10.4. The van der Waals surface area contributed by atoms with Gasteiger partial charge < -0.3 is 4.57 Å². The zero-order valence-corrected chi connectivity index (χ0v) is 29.0. The van der Waals surface area contributed by atoms with Crippen molar-refractivity contribution in [3.8, 4) is 45.7 Å². The molecule has 7 aromatic carbocycles. The molecule has 0 radical (unpaired) electrons. The molecule has 0 unspecified atom stereocenters. The van der Waals surface area contributed by atoms with E-state index in [9.17, 15) is 0 Å². The van der Waals surface area contributed by atoms with Crippen molar-refractivity contribution < 1.29 is 0 Å². The van der Waals surface area contributed by atoms with Crippen molar-refractivity contribution in [3.05, 3.63) is 182 Å². The Hall–Kier alpha value is -7.44. The molecule has 0 aliphatic carbocycles. The van der Waals surface area contributed by atoms with Crippen molar-refractivity contribution in [1.82, 2.24) is 29.1 Å². The Balaban J connectivity index is 1.15. The third-order valence-corrected chi connectivity index (χ3v) is 10.4. The summed E-state index contributed by atoms with van der Waals surface area (Å²) in [6, 6.07) is 61.3. The van der Waals surface area contributed by atoms with Gasteiger partial charge in [0.05, 0.1) is 22.1 Å². The van der Waals surface area contributed by atoms with Gasteiger partial charge >= 0.3 is 0 Å². The second-order valence-corrected chi connectivity index (χ2v) is 13.5. The van der Waals surface area contributed by atoms with Crippen LogP contribution in [0.4, 0.5) is 0 Å². The van der Waals surface area contributed by atoms with E-state index in [1.165, 1.54) is 37.8 Å². The summed E-state index contributed by atoms with van der Waals surface area (Å²) in [5.74, 6) is 2.63. The summed E-state index contributed by atoms with van der Waals surface area (Å²) in [5.41, 5.74) is 8.31. The molecule has 0 amide bonds. The lowest BCUT2D eigenvalue weighted by Gasteiger charge is -2.11. The summed E-state index contributed by atoms with van der Waals surface area (Å²) in [6.45, 7) is 0. The Morgan fingerprint density at radius 2 is 0.944 bits per heavy atom. The Labute approximate surface area is 310 Å². The number of fused-ring (bicyclic) bond motifs is 8. The highest BCUT2D eigenvalue weighted by molar-refractivity contribution is 6.25. The average molecular weight is 691 g/mol. The Kier molecular flexibility index (Phi) is 6.75. The van der Waals surface area contributed by atoms with Gasteiger partial charge in [0.1, 0.15) is 5.82 Å². The number of aromatic nitrogens is 6. The first kappa shape index (κ1) is 30.2. The van der Waals surface area contributed by atoms with Crippen molar-refractivity contribution >= 4 is 54.4 Å². The van der Waals surface area contributed by atoms with Crippen LogP contribution in [0.15, 0.2) is 182 Å². The maximum atomic E-state index is 5.14. The van der Waals surface area contributed by atoms with Gasteiger partial charge in [0, 0.05) is 50.1 Å². The molecule has 11 rings (SSSR count). The number of pyridine rings is 1. The van der Waals surface area contributed by atoms with Crippen LogP contribution < -0.4 is 0 Å². The molecule has 0 fully saturated rings. The van der Waals surface area contributed by atoms with Gasteiger partial charge in [0.2, 0.25) is 0 Å². The van der Waals surface area contributed by atoms with Gasteiger partial charge in [-0.2, -0.15) is 0 Å². The summed E-state index contributed by atoms with van der Waals surface area (Å²) in [4.78, 5) is 19.9. The second kappa shape index (κ2) is 12.1. The Morgan fingerprint density at radius 3 is 1.63 bits per heavy atom. The molecule has 54 heavy (non-hydrogen) atoms. The zero-order chi connectivity index (χ0) is 35.6. The minimum atomic E-state index is 0.573. The highest BCUT2D eigenvalue weighted by Crippen LogP contribution is 2.41. The fraction of sp³-hybridized carbons (Fsp3) is 0. The lowest BCUT2D eigenvalue weighted by atomic mass is 10.0. The monoisotopic (exact) mass is 690 g/mol. The molecule has 0 N–H and O–H groups in total. The lowest BCUT2D eigenvalue weighted by molar-refractivity contribution is 1.05. The Morgan fingerprint density at radius 1 is 0.352 bits per heavy atom. The average Bonchev–Trinajstić information content (AvgIpc) is 3.76. The molecule has 0 saturated heterocycles. The zero-order valence-electron chi connectivity index (χ0n) is 29.0. The van der Waals surface area contributed by atoms with E-state index in [2.05, 4.69) is 124 Å². The van der Waals surface area contributed by atoms with Gasteiger partial charge in [-0.15, -0.1) is 0 Å². The molecule has 0 aliphatic rings. The number of benzene rings is 7. The van der Waals surface area contributed by atoms with Crippen LogP contribution in [-0.2, 0) is 0 Å². The van der Waals surface area contributed by atoms with Crippen molar-refractivity contribution in [2.45, 2.75) is 0 Å². The fourth-order valence-corrected chi connectivity index (χ4v) is 7.94. The lowest BCUT2D eigenvalue weighted by Crippen LogP contribution is -2.01. The highest BCUT2D eigenvalue weighted by atomic mass is 15.1. The van der Waals surface area contributed by atoms with Crippen LogP contribution >= 0.6 is 0 Å². The summed E-state index contributed by atoms with van der Waals surface area (Å²) in [6.07, 6.45) is 1.88. The van der Waals surface area contributed by atoms with Crippen molar-refractivity contribution in [3.63, 3.8) is 0 Å². The molecule has 0 spiro atoms. The van der Waals surface area contributed by atoms with Gasteiger partial charge in [0.25, 0.3) is 0 Å². The predicted molar refractivity (Wildman–Crippen MR) is 220 cm³/mol. The molecule has 0 bridgehead atoms. The molecule has 4 heterocycles. The van der Waals surface area contributed by atoms with Crippen molar-refractivity contribution in [2.24, 2.45) is 0 Å². The first-order valence-corrected chi connectivity index (χ1v) is 18.1. The fourth-order valence-electron chi connectivity index (χ4n) is 7.94. The highest BCUT2D eigenvalue weighted by Gasteiger charge is 2.21. The largest absolute Gasteiger partial charge is 0.309 e. The van der Waals surface area contributed by atoms with Crippen LogP contribution in [-0.4, -0.2) is 29.1 Å². The van der Waals surface area contributed by atoms with Crippen molar-refractivity contribution in [2.75, 3.05) is 0 Å². The molecule has 252 valence electrons. The van der Waals surface area contributed by atoms with Gasteiger partial charge in [-0.3, -0.25) is 4.57 Å². The van der Waals surface area contributed by atoms with Crippen LogP contribution in [0, 0.1) is 0 Å². The molecule has 0 atom stereocenters. The number of para-hydroxylation sites is 2. The molecular weight excluding hydrogens is 661 g/mol. The third kappa shape index (κ3) is 4.74. The second-order valence-electron chi connectivity index (χ2n) is 13.5. The normalized spacial score (nSPS) is 11.7. The number of hydrogen-bond donors (Lipinski definition) is 0. The molecule has 0 aliphatic heterocycles. The van der Waals surface area contributed by atoms with Crippen LogP contribution in [0.3, 0.4) is 0 Å². The topological polar surface area (TPSA) is 61.4 Å². The van der Waals surface area contributed by atoms with Crippen LogP contribution in [0.1, 0.15) is 0 Å². The number of nitrogens with zero attached hydrogens (tertiary/aromatic N) is 6. The van der Waals surface area contributed by atoms with Crippen LogP contribution in [0.5, 0.6) is 0 Å². The molecule has 4 aromatic heterocycles. The van der Waals surface area contributed by atoms with Gasteiger partial charge in [-0.1, -0.05) is 127 Å². The van der Waals surface area contributed by atoms with E-state index in [1.807, 2.05) is 66.9 Å². The van der Waals surface area contributed by atoms with Crippen LogP contribution in [0.2, 0.25) is 0 Å². The standard InChI is InChI=1S/C48H30N6/c1-4-15-32(16-5-1)46-50-47(33-17-6-2-7-18-33)52-48(51-46)34-25-27-44(49-30-34)54-41-26-24-31-14-10-11-21-36(31)45(41)39-28-38-37-22-12-13-23-40(37)53(42(38)29-43(39)54)35-19-8-3-9-20-35/h1-30H. The molecular formula is C48H30N6. The van der Waals surface area contributed by atoms with Crippen molar-refractivity contribution in [1.29, 1.82) is 0 Å². The van der Waals surface area contributed by atoms with E-state index in [0.29, 0.717) is 17.5 Å². The van der Waals surface area contributed by atoms with E-state index in [-0.39, 0.29) is 0 Å². The first-order chi connectivity index (χ1) is 26.8. The van der Waals surface area contributed by atoms with E-state index >= 15 is 0 Å². The summed E-state index contributed by atoms with van der Waals surface area (Å²) in [7, 11) is 0. The van der Waals surface area contributed by atoms with E-state index in [0.717, 1.165) is 44.7 Å². The molecule has 11 aromatic rings. The minimum Gasteiger partial charge on any atom is -0.309 e. The van der Waals surface area contributed by atoms with Gasteiger partial charge in [0.15, 0.2) is 17.5 Å². The van der Waals surface area contributed by atoms with Crippen LogP contribution in [0.25, 0.3) is 100 Å². The molecule has 0 saturated carbocycles. The van der Waals surface area contributed by atoms with E-state index in [1.54, 1.807) is 0 Å². The quantitative estimate of drug-likeness (QED) is 0.180. The number of hydrogen-bond acceptors (Lipinski definition) is 4. The Bertz CT molecular complexity index is 3130. The van der Waals surface area contributed by atoms with Gasteiger partial charge in [-0.05, 0) is 59.3 Å². The molecule has 6 heteroatoms. The molecule has 6 nitrogen and oxygen atoms in total. The minimum absolute atomic E-state index is 0.573. The SMILES string of the molecule is c1ccc(-c2nc(-c3ccccc3)nc(-c3ccc(-n4c5cc6c(cc5c5c7ccccc7ccc54)c4ccccc4n6-c4ccccc4)nc3)n2)cc1. The first-order valence-electron chi connectivity index (χ1n) is 18.1. The maximum Gasteiger partial charge on any atom is 0.165 e. The van der Waals surface area contributed by atoms with Gasteiger partial charge in [-0.25, -0.2) is 19.9 Å². The summed E-state index contributed by atoms with van der Waals surface area (Å²) in [5, 5.41) is 7.27. The summed E-state index contributed by atoms with van der Waals surface area (Å²) >= 11 is 0. The maximum absolute atomic E-state index is 5.14. The number of rotatable bonds is 5. The smallest absolute Gasteiger partial charge is 0.165 e. The summed E-state index contributed by atoms with van der Waals surface area (Å²) < 4.78 is 4.67. The van der Waals surface area contributed by atoms with E-state index in [4.69, 9.17) is 19.9 Å². The predicted octanol–water partition coefficient (Wildman–Crippen LogP) is 11.6.